The van der Waals surface area contributed by atoms with Crippen LogP contribution in [0.4, 0.5) is 0 Å². The Labute approximate surface area is 97.6 Å². The van der Waals surface area contributed by atoms with Crippen molar-refractivity contribution in [1.29, 1.82) is 0 Å². The lowest BCUT2D eigenvalue weighted by atomic mass is 10.1. The SMILES string of the molecule is CSN1Cc2nc3ccccc3cc2C1=O. The highest BCUT2D eigenvalue weighted by Gasteiger charge is 2.28. The molecular weight excluding hydrogens is 220 g/mol. The van der Waals surface area contributed by atoms with Gasteiger partial charge in [-0.2, -0.15) is 0 Å². The Morgan fingerprint density at radius 2 is 2.19 bits per heavy atom. The molecule has 2 heterocycles. The van der Waals surface area contributed by atoms with Crippen molar-refractivity contribution in [2.45, 2.75) is 6.54 Å². The molecular formula is C12H10N2OS. The first kappa shape index (κ1) is 9.66. The van der Waals surface area contributed by atoms with Crippen LogP contribution in [0.25, 0.3) is 10.9 Å². The van der Waals surface area contributed by atoms with Crippen molar-refractivity contribution in [2.24, 2.45) is 0 Å². The summed E-state index contributed by atoms with van der Waals surface area (Å²) in [4.78, 5) is 16.5. The molecule has 0 unspecified atom stereocenters. The molecule has 0 bridgehead atoms. The smallest absolute Gasteiger partial charge is 0.266 e. The highest BCUT2D eigenvalue weighted by molar-refractivity contribution is 7.96. The van der Waals surface area contributed by atoms with Crippen LogP contribution in [0.1, 0.15) is 16.1 Å². The zero-order valence-electron chi connectivity index (χ0n) is 8.80. The number of rotatable bonds is 1. The van der Waals surface area contributed by atoms with Gasteiger partial charge in [0.1, 0.15) is 0 Å². The molecule has 2 aromatic rings. The van der Waals surface area contributed by atoms with Crippen LogP contribution in [0.2, 0.25) is 0 Å². The van der Waals surface area contributed by atoms with Crippen molar-refractivity contribution in [3.63, 3.8) is 0 Å². The van der Waals surface area contributed by atoms with E-state index in [-0.39, 0.29) is 5.91 Å². The Morgan fingerprint density at radius 3 is 3.00 bits per heavy atom. The summed E-state index contributed by atoms with van der Waals surface area (Å²) in [5.41, 5.74) is 2.59. The highest BCUT2D eigenvalue weighted by atomic mass is 32.2. The van der Waals surface area contributed by atoms with E-state index in [1.54, 1.807) is 4.31 Å². The molecule has 0 spiro atoms. The van der Waals surface area contributed by atoms with E-state index < -0.39 is 0 Å². The summed E-state index contributed by atoms with van der Waals surface area (Å²) in [6.45, 7) is 0.611. The van der Waals surface area contributed by atoms with Crippen LogP contribution < -0.4 is 0 Å². The first-order valence-corrected chi connectivity index (χ1v) is 6.22. The number of carbonyl (C=O) groups is 1. The molecule has 3 rings (SSSR count). The number of amides is 1. The third kappa shape index (κ3) is 1.30. The molecule has 0 aliphatic carbocycles. The lowest BCUT2D eigenvalue weighted by Gasteiger charge is -2.08. The average Bonchev–Trinajstić information content (AvgIpc) is 2.63. The maximum atomic E-state index is 11.9. The van der Waals surface area contributed by atoms with Crippen LogP contribution in [0.5, 0.6) is 0 Å². The molecule has 0 saturated carbocycles. The van der Waals surface area contributed by atoms with E-state index in [9.17, 15) is 4.79 Å². The number of benzene rings is 1. The van der Waals surface area contributed by atoms with Crippen molar-refractivity contribution in [2.75, 3.05) is 6.26 Å². The van der Waals surface area contributed by atoms with Crippen molar-refractivity contribution in [1.82, 2.24) is 9.29 Å². The van der Waals surface area contributed by atoms with Crippen LogP contribution in [0, 0.1) is 0 Å². The minimum Gasteiger partial charge on any atom is -0.276 e. The Bertz CT molecular complexity index is 582. The van der Waals surface area contributed by atoms with Gasteiger partial charge in [-0.1, -0.05) is 30.1 Å². The number of carbonyl (C=O) groups excluding carboxylic acids is 1. The summed E-state index contributed by atoms with van der Waals surface area (Å²) in [6.07, 6.45) is 1.91. The summed E-state index contributed by atoms with van der Waals surface area (Å²) in [7, 11) is 0. The molecule has 0 saturated heterocycles. The topological polar surface area (TPSA) is 33.2 Å². The number of pyridine rings is 1. The van der Waals surface area contributed by atoms with E-state index in [1.165, 1.54) is 11.9 Å². The van der Waals surface area contributed by atoms with Gasteiger partial charge in [-0.05, 0) is 12.1 Å². The number of para-hydroxylation sites is 1. The van der Waals surface area contributed by atoms with Crippen LogP contribution in [0.3, 0.4) is 0 Å². The second kappa shape index (κ2) is 3.49. The van der Waals surface area contributed by atoms with Crippen molar-refractivity contribution < 1.29 is 4.79 Å². The molecule has 1 amide bonds. The molecule has 0 atom stereocenters. The quantitative estimate of drug-likeness (QED) is 0.706. The minimum atomic E-state index is 0.0701. The van der Waals surface area contributed by atoms with Crippen molar-refractivity contribution >= 4 is 28.8 Å². The van der Waals surface area contributed by atoms with Gasteiger partial charge in [0.05, 0.1) is 23.3 Å². The van der Waals surface area contributed by atoms with E-state index in [1.807, 2.05) is 36.6 Å². The Hall–Kier alpha value is -1.55. The third-order valence-corrected chi connectivity index (χ3v) is 3.51. The van der Waals surface area contributed by atoms with Crippen LogP contribution in [-0.2, 0) is 6.54 Å². The average molecular weight is 230 g/mol. The Morgan fingerprint density at radius 1 is 1.38 bits per heavy atom. The van der Waals surface area contributed by atoms with Crippen molar-refractivity contribution in [3.05, 3.63) is 41.6 Å². The fraction of sp³-hybridized carbons (Fsp3) is 0.167. The number of aromatic nitrogens is 1. The summed E-state index contributed by atoms with van der Waals surface area (Å²) in [5, 5.41) is 1.03. The van der Waals surface area contributed by atoms with Gasteiger partial charge >= 0.3 is 0 Å². The molecule has 16 heavy (non-hydrogen) atoms. The molecule has 4 heteroatoms. The predicted molar refractivity (Wildman–Crippen MR) is 65.1 cm³/mol. The van der Waals surface area contributed by atoms with Gasteiger partial charge in [0.25, 0.3) is 5.91 Å². The molecule has 80 valence electrons. The van der Waals surface area contributed by atoms with Crippen LogP contribution in [-0.4, -0.2) is 21.5 Å². The molecule has 0 fully saturated rings. The lowest BCUT2D eigenvalue weighted by molar-refractivity contribution is 0.0890. The van der Waals surface area contributed by atoms with Crippen LogP contribution in [0.15, 0.2) is 30.3 Å². The summed E-state index contributed by atoms with van der Waals surface area (Å²) >= 11 is 1.45. The van der Waals surface area contributed by atoms with Gasteiger partial charge in [0.2, 0.25) is 0 Å². The lowest BCUT2D eigenvalue weighted by Crippen LogP contribution is -2.14. The maximum absolute atomic E-state index is 11.9. The fourth-order valence-electron chi connectivity index (χ4n) is 1.95. The van der Waals surface area contributed by atoms with Gasteiger partial charge in [-0.25, -0.2) is 0 Å². The molecule has 1 aliphatic rings. The monoisotopic (exact) mass is 230 g/mol. The van der Waals surface area contributed by atoms with E-state index in [0.717, 1.165) is 22.2 Å². The molecule has 1 aromatic carbocycles. The zero-order chi connectivity index (χ0) is 11.1. The highest BCUT2D eigenvalue weighted by Crippen LogP contribution is 2.28. The van der Waals surface area contributed by atoms with Gasteiger partial charge in [-0.3, -0.25) is 14.1 Å². The Kier molecular flexibility index (Phi) is 2.11. The fourth-order valence-corrected chi connectivity index (χ4v) is 2.47. The van der Waals surface area contributed by atoms with Gasteiger partial charge in [0.15, 0.2) is 0 Å². The molecule has 3 nitrogen and oxygen atoms in total. The van der Waals surface area contributed by atoms with Gasteiger partial charge < -0.3 is 0 Å². The predicted octanol–water partition coefficient (Wildman–Crippen LogP) is 2.47. The minimum absolute atomic E-state index is 0.0701. The molecule has 0 N–H and O–H groups in total. The second-order valence-corrected chi connectivity index (χ2v) is 4.51. The number of hydrogen-bond acceptors (Lipinski definition) is 3. The first-order chi connectivity index (χ1) is 7.79. The summed E-state index contributed by atoms with van der Waals surface area (Å²) in [6, 6.07) is 9.82. The zero-order valence-corrected chi connectivity index (χ0v) is 9.62. The molecule has 1 aromatic heterocycles. The van der Waals surface area contributed by atoms with E-state index in [2.05, 4.69) is 4.98 Å². The second-order valence-electron chi connectivity index (χ2n) is 3.70. The standard InChI is InChI=1S/C12H10N2OS/c1-16-14-7-11-9(12(14)15)6-8-4-2-3-5-10(8)13-11/h2-6H,7H2,1H3. The van der Waals surface area contributed by atoms with Gasteiger partial charge in [0, 0.05) is 11.6 Å². The third-order valence-electron chi connectivity index (χ3n) is 2.77. The summed E-state index contributed by atoms with van der Waals surface area (Å²) < 4.78 is 1.73. The maximum Gasteiger partial charge on any atom is 0.266 e. The van der Waals surface area contributed by atoms with E-state index in [0.29, 0.717) is 6.54 Å². The summed E-state index contributed by atoms with van der Waals surface area (Å²) in [5.74, 6) is 0.0701. The molecule has 0 radical (unpaired) electrons. The number of hydrogen-bond donors (Lipinski definition) is 0. The first-order valence-electron chi connectivity index (χ1n) is 5.04. The largest absolute Gasteiger partial charge is 0.276 e. The van der Waals surface area contributed by atoms with Gasteiger partial charge in [-0.15, -0.1) is 0 Å². The van der Waals surface area contributed by atoms with Crippen LogP contribution >= 0.6 is 11.9 Å². The number of nitrogens with zero attached hydrogens (tertiary/aromatic N) is 2. The van der Waals surface area contributed by atoms with E-state index >= 15 is 0 Å². The normalized spacial score (nSPS) is 14.6. The molecule has 1 aliphatic heterocycles. The van der Waals surface area contributed by atoms with E-state index in [4.69, 9.17) is 0 Å². The Balaban J connectivity index is 2.22. The van der Waals surface area contributed by atoms with Crippen molar-refractivity contribution in [3.8, 4) is 0 Å². The number of fused-ring (bicyclic) bond motifs is 2.